The molecule has 2 rings (SSSR count). The van der Waals surface area contributed by atoms with Gasteiger partial charge in [0.1, 0.15) is 4.90 Å². The smallest absolute Gasteiger partial charge is 0.245 e. The predicted molar refractivity (Wildman–Crippen MR) is 86.1 cm³/mol. The Bertz CT molecular complexity index is 566. The van der Waals surface area contributed by atoms with E-state index in [2.05, 4.69) is 17.3 Å². The van der Waals surface area contributed by atoms with Crippen LogP contribution in [-0.4, -0.2) is 57.4 Å². The number of anilines is 1. The van der Waals surface area contributed by atoms with Crippen LogP contribution in [0.2, 0.25) is 0 Å². The minimum absolute atomic E-state index is 0.0842. The molecule has 21 heavy (non-hydrogen) atoms. The summed E-state index contributed by atoms with van der Waals surface area (Å²) in [5.41, 5.74) is 0.680. The quantitative estimate of drug-likeness (QED) is 0.901. The van der Waals surface area contributed by atoms with Gasteiger partial charge in [0.2, 0.25) is 10.0 Å². The molecule has 0 aromatic heterocycles. The van der Waals surface area contributed by atoms with Gasteiger partial charge < -0.3 is 10.2 Å². The molecule has 0 spiro atoms. The first-order valence-corrected chi connectivity index (χ1v) is 8.90. The van der Waals surface area contributed by atoms with Crippen molar-refractivity contribution >= 4 is 15.7 Å². The van der Waals surface area contributed by atoms with Gasteiger partial charge in [0, 0.05) is 19.6 Å². The second kappa shape index (κ2) is 6.77. The molecule has 1 saturated heterocycles. The van der Waals surface area contributed by atoms with Crippen LogP contribution in [0.25, 0.3) is 0 Å². The second-order valence-electron chi connectivity index (χ2n) is 5.58. The molecule has 1 aromatic carbocycles. The van der Waals surface area contributed by atoms with Crippen LogP contribution in [0.3, 0.4) is 0 Å². The van der Waals surface area contributed by atoms with E-state index in [0.717, 1.165) is 25.9 Å². The van der Waals surface area contributed by atoms with Crippen LogP contribution in [0.15, 0.2) is 29.2 Å². The zero-order chi connectivity index (χ0) is 15.5. The third-order valence-electron chi connectivity index (χ3n) is 4.11. The maximum absolute atomic E-state index is 12.9. The lowest BCUT2D eigenvalue weighted by Crippen LogP contribution is -2.44. The summed E-state index contributed by atoms with van der Waals surface area (Å²) in [5.74, 6) is 0. The fourth-order valence-corrected chi connectivity index (χ4v) is 4.32. The SMILES string of the molecule is CCNc1ccccc1S(=O)(=O)N(C)C1CCN(C)CC1. The summed E-state index contributed by atoms with van der Waals surface area (Å²) in [6.07, 6.45) is 1.77. The van der Waals surface area contributed by atoms with E-state index in [1.165, 1.54) is 0 Å². The molecule has 1 N–H and O–H groups in total. The van der Waals surface area contributed by atoms with Crippen LogP contribution in [-0.2, 0) is 10.0 Å². The van der Waals surface area contributed by atoms with Gasteiger partial charge in [0.25, 0.3) is 0 Å². The van der Waals surface area contributed by atoms with Gasteiger partial charge in [-0.3, -0.25) is 0 Å². The van der Waals surface area contributed by atoms with Crippen molar-refractivity contribution in [3.63, 3.8) is 0 Å². The van der Waals surface area contributed by atoms with Crippen molar-refractivity contribution in [1.82, 2.24) is 9.21 Å². The highest BCUT2D eigenvalue weighted by atomic mass is 32.2. The third kappa shape index (κ3) is 3.56. The lowest BCUT2D eigenvalue weighted by molar-refractivity contribution is 0.197. The first-order chi connectivity index (χ1) is 9.96. The first kappa shape index (κ1) is 16.3. The van der Waals surface area contributed by atoms with Crippen LogP contribution in [0, 0.1) is 0 Å². The van der Waals surface area contributed by atoms with Crippen molar-refractivity contribution < 1.29 is 8.42 Å². The monoisotopic (exact) mass is 311 g/mol. The number of hydrogen-bond donors (Lipinski definition) is 1. The van der Waals surface area contributed by atoms with E-state index in [-0.39, 0.29) is 6.04 Å². The van der Waals surface area contributed by atoms with Crippen molar-refractivity contribution in [1.29, 1.82) is 0 Å². The summed E-state index contributed by atoms with van der Waals surface area (Å²) in [7, 11) is 0.320. The molecule has 0 radical (unpaired) electrons. The van der Waals surface area contributed by atoms with Gasteiger partial charge in [-0.25, -0.2) is 8.42 Å². The lowest BCUT2D eigenvalue weighted by atomic mass is 10.1. The molecule has 1 fully saturated rings. The summed E-state index contributed by atoms with van der Waals surface area (Å²) in [5, 5.41) is 3.13. The molecule has 5 nitrogen and oxygen atoms in total. The van der Waals surface area contributed by atoms with Crippen LogP contribution >= 0.6 is 0 Å². The Hall–Kier alpha value is -1.11. The Morgan fingerprint density at radius 1 is 1.29 bits per heavy atom. The van der Waals surface area contributed by atoms with Gasteiger partial charge in [-0.1, -0.05) is 12.1 Å². The fraction of sp³-hybridized carbons (Fsp3) is 0.600. The molecule has 0 aliphatic carbocycles. The van der Waals surface area contributed by atoms with E-state index in [9.17, 15) is 8.42 Å². The zero-order valence-electron chi connectivity index (χ0n) is 13.0. The van der Waals surface area contributed by atoms with Gasteiger partial charge >= 0.3 is 0 Å². The minimum Gasteiger partial charge on any atom is -0.384 e. The molecule has 6 heteroatoms. The predicted octanol–water partition coefficient (Wildman–Crippen LogP) is 1.83. The highest BCUT2D eigenvalue weighted by molar-refractivity contribution is 7.89. The van der Waals surface area contributed by atoms with E-state index in [1.807, 2.05) is 19.1 Å². The summed E-state index contributed by atoms with van der Waals surface area (Å²) < 4.78 is 27.3. The first-order valence-electron chi connectivity index (χ1n) is 7.46. The van der Waals surface area contributed by atoms with Crippen LogP contribution in [0.1, 0.15) is 19.8 Å². The fourth-order valence-electron chi connectivity index (χ4n) is 2.74. The van der Waals surface area contributed by atoms with E-state index in [1.54, 1.807) is 23.5 Å². The number of sulfonamides is 1. The molecule has 0 bridgehead atoms. The van der Waals surface area contributed by atoms with E-state index in [0.29, 0.717) is 17.1 Å². The largest absolute Gasteiger partial charge is 0.384 e. The number of nitrogens with zero attached hydrogens (tertiary/aromatic N) is 2. The topological polar surface area (TPSA) is 52.7 Å². The Morgan fingerprint density at radius 3 is 2.52 bits per heavy atom. The van der Waals surface area contributed by atoms with Crippen molar-refractivity contribution in [3.8, 4) is 0 Å². The summed E-state index contributed by atoms with van der Waals surface area (Å²) in [6.45, 7) is 4.55. The number of likely N-dealkylation sites (tertiary alicyclic amines) is 1. The summed E-state index contributed by atoms with van der Waals surface area (Å²) >= 11 is 0. The van der Waals surface area contributed by atoms with Crippen LogP contribution < -0.4 is 5.32 Å². The van der Waals surface area contributed by atoms with Crippen LogP contribution in [0.4, 0.5) is 5.69 Å². The summed E-state index contributed by atoms with van der Waals surface area (Å²) in [6, 6.07) is 7.21. The Balaban J connectivity index is 2.25. The third-order valence-corrected chi connectivity index (χ3v) is 6.08. The molecule has 1 aromatic rings. The molecular formula is C15H25N3O2S. The maximum Gasteiger partial charge on any atom is 0.245 e. The second-order valence-corrected chi connectivity index (χ2v) is 7.55. The molecule has 118 valence electrons. The van der Waals surface area contributed by atoms with E-state index in [4.69, 9.17) is 0 Å². The molecule has 1 aliphatic rings. The van der Waals surface area contributed by atoms with Gasteiger partial charge in [-0.15, -0.1) is 0 Å². The molecule has 0 atom stereocenters. The molecule has 0 unspecified atom stereocenters. The number of nitrogens with one attached hydrogen (secondary N) is 1. The van der Waals surface area contributed by atoms with Crippen LogP contribution in [0.5, 0.6) is 0 Å². The van der Waals surface area contributed by atoms with Gasteiger partial charge in [0.15, 0.2) is 0 Å². The maximum atomic E-state index is 12.9. The van der Waals surface area contributed by atoms with Gasteiger partial charge in [0.05, 0.1) is 5.69 Å². The highest BCUT2D eigenvalue weighted by Crippen LogP contribution is 2.27. The standard InChI is InChI=1S/C15H25N3O2S/c1-4-16-14-7-5-6-8-15(14)21(19,20)18(3)13-9-11-17(2)12-10-13/h5-8,13,16H,4,9-12H2,1-3H3. The average Bonchev–Trinajstić information content (AvgIpc) is 2.48. The number of para-hydroxylation sites is 1. The molecule has 0 amide bonds. The Labute approximate surface area is 128 Å². The number of rotatable bonds is 5. The minimum atomic E-state index is -3.46. The molecule has 1 aliphatic heterocycles. The van der Waals surface area contributed by atoms with Crippen molar-refractivity contribution in [2.24, 2.45) is 0 Å². The molecule has 1 heterocycles. The number of hydrogen-bond acceptors (Lipinski definition) is 4. The van der Waals surface area contributed by atoms with Crippen molar-refractivity contribution in [2.45, 2.75) is 30.7 Å². The van der Waals surface area contributed by atoms with Crippen molar-refractivity contribution in [3.05, 3.63) is 24.3 Å². The Morgan fingerprint density at radius 2 is 1.90 bits per heavy atom. The van der Waals surface area contributed by atoms with E-state index >= 15 is 0 Å². The normalized spacial score (nSPS) is 18.1. The summed E-state index contributed by atoms with van der Waals surface area (Å²) in [4.78, 5) is 2.61. The number of benzene rings is 1. The highest BCUT2D eigenvalue weighted by Gasteiger charge is 2.31. The van der Waals surface area contributed by atoms with E-state index < -0.39 is 10.0 Å². The molecular weight excluding hydrogens is 286 g/mol. The van der Waals surface area contributed by atoms with Gasteiger partial charge in [-0.05, 0) is 52.0 Å². The average molecular weight is 311 g/mol. The Kier molecular flexibility index (Phi) is 5.24. The van der Waals surface area contributed by atoms with Gasteiger partial charge in [-0.2, -0.15) is 4.31 Å². The molecule has 0 saturated carbocycles. The van der Waals surface area contributed by atoms with Crippen molar-refractivity contribution in [2.75, 3.05) is 39.0 Å². The lowest BCUT2D eigenvalue weighted by Gasteiger charge is -2.34. The number of piperidine rings is 1. The zero-order valence-corrected chi connectivity index (χ0v) is 13.9.